The number of amides is 2. The monoisotopic (exact) mass is 450 g/mol. The Bertz CT molecular complexity index is 1020. The topological polar surface area (TPSA) is 58.6 Å². The lowest BCUT2D eigenvalue weighted by atomic mass is 10.0. The summed E-state index contributed by atoms with van der Waals surface area (Å²) >= 11 is 6.02. The van der Waals surface area contributed by atoms with E-state index >= 15 is 0 Å². The molecule has 2 amide bonds. The highest BCUT2D eigenvalue weighted by Gasteiger charge is 2.30. The van der Waals surface area contributed by atoms with Crippen LogP contribution in [0, 0.1) is 6.92 Å². The van der Waals surface area contributed by atoms with Crippen molar-refractivity contribution in [3.63, 3.8) is 0 Å². The van der Waals surface area contributed by atoms with Gasteiger partial charge in [0.2, 0.25) is 5.91 Å². The van der Waals surface area contributed by atoms with E-state index in [0.29, 0.717) is 17.2 Å². The molecule has 166 valence electrons. The minimum absolute atomic E-state index is 0.168. The molecule has 0 spiro atoms. The van der Waals surface area contributed by atoms with Crippen molar-refractivity contribution in [2.45, 2.75) is 25.9 Å². The third-order valence-electron chi connectivity index (χ3n) is 5.17. The molecule has 0 aliphatic carbocycles. The summed E-state index contributed by atoms with van der Waals surface area (Å²) in [5.41, 5.74) is 2.95. The summed E-state index contributed by atoms with van der Waals surface area (Å²) in [6.07, 6.45) is 0.393. The van der Waals surface area contributed by atoms with Crippen LogP contribution < -0.4 is 10.1 Å². The first kappa shape index (κ1) is 23.4. The van der Waals surface area contributed by atoms with Gasteiger partial charge in [0.05, 0.1) is 0 Å². The number of nitrogens with one attached hydrogen (secondary N) is 1. The number of hydrogen-bond donors (Lipinski definition) is 1. The number of halogens is 1. The van der Waals surface area contributed by atoms with Gasteiger partial charge < -0.3 is 15.0 Å². The fourth-order valence-corrected chi connectivity index (χ4v) is 3.50. The Hall–Kier alpha value is -3.31. The normalized spacial score (nSPS) is 11.5. The Morgan fingerprint density at radius 1 is 0.938 bits per heavy atom. The third kappa shape index (κ3) is 6.59. The maximum absolute atomic E-state index is 13.3. The van der Waals surface area contributed by atoms with Crippen LogP contribution in [0.3, 0.4) is 0 Å². The van der Waals surface area contributed by atoms with Crippen LogP contribution in [-0.4, -0.2) is 36.4 Å². The summed E-state index contributed by atoms with van der Waals surface area (Å²) in [5, 5.41) is 3.31. The Kier molecular flexibility index (Phi) is 8.28. The summed E-state index contributed by atoms with van der Waals surface area (Å²) in [6.45, 7) is 2.08. The number of hydrogen-bond acceptors (Lipinski definition) is 3. The number of ether oxygens (including phenoxy) is 1. The molecule has 3 rings (SSSR count). The molecule has 5 nitrogen and oxygen atoms in total. The van der Waals surface area contributed by atoms with E-state index in [2.05, 4.69) is 5.32 Å². The molecule has 0 fully saturated rings. The van der Waals surface area contributed by atoms with E-state index in [1.165, 1.54) is 0 Å². The summed E-state index contributed by atoms with van der Waals surface area (Å²) in [4.78, 5) is 27.7. The van der Waals surface area contributed by atoms with Gasteiger partial charge >= 0.3 is 0 Å². The molecule has 1 atom stereocenters. The van der Waals surface area contributed by atoms with E-state index in [0.717, 1.165) is 16.7 Å². The van der Waals surface area contributed by atoms with Crippen molar-refractivity contribution in [3.05, 3.63) is 101 Å². The van der Waals surface area contributed by atoms with E-state index in [1.54, 1.807) is 24.1 Å². The average molecular weight is 451 g/mol. The second-order valence-corrected chi connectivity index (χ2v) is 8.01. The van der Waals surface area contributed by atoms with Crippen molar-refractivity contribution in [2.75, 3.05) is 13.7 Å². The number of carbonyl (C=O) groups excluding carboxylic acids is 2. The smallest absolute Gasteiger partial charge is 0.261 e. The fourth-order valence-electron chi connectivity index (χ4n) is 3.37. The molecule has 0 aliphatic rings. The van der Waals surface area contributed by atoms with Crippen molar-refractivity contribution < 1.29 is 14.3 Å². The number of benzene rings is 3. The largest absolute Gasteiger partial charge is 0.484 e. The lowest BCUT2D eigenvalue weighted by Gasteiger charge is -2.31. The summed E-state index contributed by atoms with van der Waals surface area (Å²) in [6, 6.07) is 23.7. The molecule has 0 saturated carbocycles. The molecule has 0 aliphatic heterocycles. The SMILES string of the molecule is CNC(=O)[C@@H](Cc1ccccc1)N(Cc1ccc(Cl)cc1)C(=O)COc1ccc(C)cc1. The van der Waals surface area contributed by atoms with Crippen molar-refractivity contribution >= 4 is 23.4 Å². The van der Waals surface area contributed by atoms with Crippen molar-refractivity contribution in [3.8, 4) is 5.75 Å². The fraction of sp³-hybridized carbons (Fsp3) is 0.231. The molecule has 0 heterocycles. The maximum Gasteiger partial charge on any atom is 0.261 e. The van der Waals surface area contributed by atoms with Gasteiger partial charge in [0.1, 0.15) is 11.8 Å². The van der Waals surface area contributed by atoms with Crippen LogP contribution in [0.4, 0.5) is 0 Å². The molecular weight excluding hydrogens is 424 g/mol. The lowest BCUT2D eigenvalue weighted by Crippen LogP contribution is -2.51. The minimum Gasteiger partial charge on any atom is -0.484 e. The van der Waals surface area contributed by atoms with Gasteiger partial charge in [-0.15, -0.1) is 0 Å². The minimum atomic E-state index is -0.688. The molecule has 0 saturated heterocycles. The second-order valence-electron chi connectivity index (χ2n) is 7.57. The Labute approximate surface area is 194 Å². The highest BCUT2D eigenvalue weighted by molar-refractivity contribution is 6.30. The Morgan fingerprint density at radius 2 is 1.59 bits per heavy atom. The van der Waals surface area contributed by atoms with Crippen LogP contribution in [-0.2, 0) is 22.6 Å². The number of rotatable bonds is 9. The van der Waals surface area contributed by atoms with Gasteiger partial charge in [-0.1, -0.05) is 71.8 Å². The van der Waals surface area contributed by atoms with E-state index < -0.39 is 6.04 Å². The van der Waals surface area contributed by atoms with Gasteiger partial charge in [-0.05, 0) is 42.3 Å². The van der Waals surface area contributed by atoms with E-state index in [1.807, 2.05) is 73.7 Å². The quantitative estimate of drug-likeness (QED) is 0.525. The van der Waals surface area contributed by atoms with Crippen molar-refractivity contribution in [2.24, 2.45) is 0 Å². The first-order valence-corrected chi connectivity index (χ1v) is 10.8. The molecule has 0 bridgehead atoms. The highest BCUT2D eigenvalue weighted by Crippen LogP contribution is 2.18. The van der Waals surface area contributed by atoms with Gasteiger partial charge in [0, 0.05) is 25.0 Å². The molecule has 6 heteroatoms. The number of nitrogens with zero attached hydrogens (tertiary/aromatic N) is 1. The zero-order valence-corrected chi connectivity index (χ0v) is 19.0. The van der Waals surface area contributed by atoms with Gasteiger partial charge in [0.25, 0.3) is 5.91 Å². The molecular formula is C26H27ClN2O3. The number of likely N-dealkylation sites (N-methyl/N-ethyl adjacent to an activating group) is 1. The highest BCUT2D eigenvalue weighted by atomic mass is 35.5. The predicted octanol–water partition coefficient (Wildman–Crippen LogP) is 4.41. The van der Waals surface area contributed by atoms with E-state index in [4.69, 9.17) is 16.3 Å². The molecule has 32 heavy (non-hydrogen) atoms. The third-order valence-corrected chi connectivity index (χ3v) is 5.42. The molecule has 0 aromatic heterocycles. The van der Waals surface area contributed by atoms with Crippen molar-refractivity contribution in [1.29, 1.82) is 0 Å². The average Bonchev–Trinajstić information content (AvgIpc) is 2.82. The van der Waals surface area contributed by atoms with E-state index in [9.17, 15) is 9.59 Å². The predicted molar refractivity (Wildman–Crippen MR) is 127 cm³/mol. The molecule has 0 unspecified atom stereocenters. The zero-order chi connectivity index (χ0) is 22.9. The maximum atomic E-state index is 13.3. The van der Waals surface area contributed by atoms with Gasteiger partial charge in [-0.2, -0.15) is 0 Å². The Balaban J connectivity index is 1.85. The summed E-state index contributed by atoms with van der Waals surface area (Å²) in [5.74, 6) is 0.103. The first-order chi connectivity index (χ1) is 15.5. The van der Waals surface area contributed by atoms with Crippen LogP contribution in [0.1, 0.15) is 16.7 Å². The van der Waals surface area contributed by atoms with Crippen LogP contribution >= 0.6 is 11.6 Å². The molecule has 1 N–H and O–H groups in total. The number of aryl methyl sites for hydroxylation is 1. The van der Waals surface area contributed by atoms with E-state index in [-0.39, 0.29) is 25.0 Å². The molecule has 0 radical (unpaired) electrons. The molecule has 3 aromatic rings. The van der Waals surface area contributed by atoms with Crippen LogP contribution in [0.5, 0.6) is 5.75 Å². The summed E-state index contributed by atoms with van der Waals surface area (Å²) in [7, 11) is 1.58. The van der Waals surface area contributed by atoms with Gasteiger partial charge in [-0.25, -0.2) is 0 Å². The van der Waals surface area contributed by atoms with Gasteiger partial charge in [0.15, 0.2) is 6.61 Å². The zero-order valence-electron chi connectivity index (χ0n) is 18.3. The second kappa shape index (κ2) is 11.3. The van der Waals surface area contributed by atoms with Crippen molar-refractivity contribution in [1.82, 2.24) is 10.2 Å². The first-order valence-electron chi connectivity index (χ1n) is 10.4. The summed E-state index contributed by atoms with van der Waals surface area (Å²) < 4.78 is 5.73. The van der Waals surface area contributed by atoms with Crippen LogP contribution in [0.2, 0.25) is 5.02 Å². The van der Waals surface area contributed by atoms with Crippen LogP contribution in [0.15, 0.2) is 78.9 Å². The van der Waals surface area contributed by atoms with Gasteiger partial charge in [-0.3, -0.25) is 9.59 Å². The Morgan fingerprint density at radius 3 is 2.22 bits per heavy atom. The standard InChI is InChI=1S/C26H27ClN2O3/c1-19-8-14-23(15-9-19)32-18-25(30)29(17-21-10-12-22(27)13-11-21)24(26(31)28-2)16-20-6-4-3-5-7-20/h3-15,24H,16-18H2,1-2H3,(H,28,31)/t24-/m1/s1. The number of carbonyl (C=O) groups is 2. The molecule has 3 aromatic carbocycles. The lowest BCUT2D eigenvalue weighted by molar-refractivity contribution is -0.142. The van der Waals surface area contributed by atoms with Crippen LogP contribution in [0.25, 0.3) is 0 Å².